The topological polar surface area (TPSA) is 53.8 Å². The molecule has 0 spiro atoms. The second kappa shape index (κ2) is 5.12. The van der Waals surface area contributed by atoms with Crippen LogP contribution < -0.4 is 5.32 Å². The number of Topliss-reactive ketones (excluding diaryl/α,β-unsaturated/α-hetero) is 1. The first-order valence-electron chi connectivity index (χ1n) is 8.22. The third kappa shape index (κ3) is 2.21. The zero-order chi connectivity index (χ0) is 17.1. The number of nitrogens with one attached hydrogen (secondary N) is 1. The lowest BCUT2D eigenvalue weighted by Gasteiger charge is -2.44. The minimum Gasteiger partial charge on any atom is -0.342 e. The summed E-state index contributed by atoms with van der Waals surface area (Å²) < 4.78 is 1.01. The number of rotatable bonds is 1. The second-order valence-electron chi connectivity index (χ2n) is 7.78. The van der Waals surface area contributed by atoms with Gasteiger partial charge in [0, 0.05) is 33.2 Å². The van der Waals surface area contributed by atoms with Gasteiger partial charge in [0.1, 0.15) is 0 Å². The summed E-state index contributed by atoms with van der Waals surface area (Å²) in [5.74, 6) is 1.05. The molecule has 1 aromatic rings. The van der Waals surface area contributed by atoms with E-state index >= 15 is 0 Å². The van der Waals surface area contributed by atoms with Crippen LogP contribution in [0.25, 0.3) is 0 Å². The molecule has 5 heteroatoms. The Morgan fingerprint density at radius 1 is 1.21 bits per heavy atom. The summed E-state index contributed by atoms with van der Waals surface area (Å²) in [7, 11) is 0. The minimum absolute atomic E-state index is 0.0328. The van der Waals surface area contributed by atoms with Crippen molar-refractivity contribution in [3.05, 3.63) is 57.0 Å². The third-order valence-corrected chi connectivity index (χ3v) is 5.83. The summed E-state index contributed by atoms with van der Waals surface area (Å²) in [5, 5.41) is 11.9. The largest absolute Gasteiger partial charge is 0.342 e. The van der Waals surface area contributed by atoms with Gasteiger partial charge >= 0.3 is 0 Å². The van der Waals surface area contributed by atoms with Gasteiger partial charge < -0.3 is 5.32 Å². The van der Waals surface area contributed by atoms with E-state index in [0.29, 0.717) is 13.0 Å². The van der Waals surface area contributed by atoms with Crippen LogP contribution in [0.3, 0.4) is 0 Å². The molecule has 1 aromatic carbocycles. The van der Waals surface area contributed by atoms with Crippen LogP contribution in [0.15, 0.2) is 61.6 Å². The number of hydrogen-bond donors (Lipinski definition) is 1. The Morgan fingerprint density at radius 2 is 2.00 bits per heavy atom. The lowest BCUT2D eigenvalue weighted by molar-refractivity contribution is -0.118. The van der Waals surface area contributed by atoms with Crippen molar-refractivity contribution in [2.75, 3.05) is 6.54 Å². The van der Waals surface area contributed by atoms with E-state index in [4.69, 9.17) is 0 Å². The first kappa shape index (κ1) is 15.8. The number of dihydropyridines is 1. The van der Waals surface area contributed by atoms with Crippen LogP contribution in [0.5, 0.6) is 0 Å². The Morgan fingerprint density at radius 3 is 2.75 bits per heavy atom. The fraction of sp³-hybridized carbons (Fsp3) is 0.421. The fourth-order valence-corrected chi connectivity index (χ4v) is 4.63. The SMILES string of the molecule is CC1(C)CC(=O)C2=C(C1)NC1=C(CN=N1)C2(C)c1cccc(Br)c1. The molecule has 1 unspecified atom stereocenters. The zero-order valence-corrected chi connectivity index (χ0v) is 15.7. The Kier molecular flexibility index (Phi) is 3.36. The molecule has 0 amide bonds. The third-order valence-electron chi connectivity index (χ3n) is 5.34. The zero-order valence-electron chi connectivity index (χ0n) is 14.1. The van der Waals surface area contributed by atoms with Gasteiger partial charge in [-0.1, -0.05) is 41.9 Å². The van der Waals surface area contributed by atoms with Crippen LogP contribution in [0.1, 0.15) is 39.2 Å². The molecule has 0 saturated carbocycles. The van der Waals surface area contributed by atoms with Gasteiger partial charge in [0.15, 0.2) is 11.6 Å². The van der Waals surface area contributed by atoms with Crippen molar-refractivity contribution in [1.29, 1.82) is 0 Å². The van der Waals surface area contributed by atoms with Gasteiger partial charge in [-0.2, -0.15) is 5.11 Å². The van der Waals surface area contributed by atoms with E-state index in [-0.39, 0.29) is 11.2 Å². The lowest BCUT2D eigenvalue weighted by atomic mass is 9.61. The molecule has 0 fully saturated rings. The summed E-state index contributed by atoms with van der Waals surface area (Å²) in [5.41, 5.74) is 3.60. The molecular formula is C19H20BrN3O. The van der Waals surface area contributed by atoms with E-state index in [0.717, 1.165) is 39.1 Å². The minimum atomic E-state index is -0.475. The Labute approximate surface area is 150 Å². The molecule has 4 nitrogen and oxygen atoms in total. The maximum absolute atomic E-state index is 13.1. The van der Waals surface area contributed by atoms with Crippen molar-refractivity contribution in [2.24, 2.45) is 15.6 Å². The Balaban J connectivity index is 1.96. The molecule has 1 atom stereocenters. The van der Waals surface area contributed by atoms with Crippen LogP contribution in [-0.2, 0) is 10.2 Å². The van der Waals surface area contributed by atoms with Gasteiger partial charge in [-0.05, 0) is 36.5 Å². The highest BCUT2D eigenvalue weighted by Gasteiger charge is 2.49. The molecule has 2 aliphatic heterocycles. The summed E-state index contributed by atoms with van der Waals surface area (Å²) in [6.45, 7) is 6.98. The van der Waals surface area contributed by atoms with E-state index in [9.17, 15) is 4.79 Å². The van der Waals surface area contributed by atoms with Crippen molar-refractivity contribution in [1.82, 2.24) is 5.32 Å². The summed E-state index contributed by atoms with van der Waals surface area (Å²) in [4.78, 5) is 13.1. The molecule has 0 radical (unpaired) electrons. The van der Waals surface area contributed by atoms with Crippen LogP contribution in [0.2, 0.25) is 0 Å². The van der Waals surface area contributed by atoms with Crippen molar-refractivity contribution in [2.45, 2.75) is 39.0 Å². The normalized spacial score (nSPS) is 27.9. The van der Waals surface area contributed by atoms with Crippen molar-refractivity contribution in [3.63, 3.8) is 0 Å². The molecule has 3 aliphatic rings. The van der Waals surface area contributed by atoms with Gasteiger partial charge in [-0.15, -0.1) is 5.11 Å². The molecule has 1 aliphatic carbocycles. The van der Waals surface area contributed by atoms with Crippen molar-refractivity contribution >= 4 is 21.7 Å². The van der Waals surface area contributed by atoms with Crippen LogP contribution >= 0.6 is 15.9 Å². The van der Waals surface area contributed by atoms with E-state index in [1.165, 1.54) is 0 Å². The Bertz CT molecular complexity index is 850. The monoisotopic (exact) mass is 385 g/mol. The maximum Gasteiger partial charge on any atom is 0.162 e. The first-order chi connectivity index (χ1) is 11.3. The molecule has 0 aromatic heterocycles. The number of carbonyl (C=O) groups is 1. The molecule has 24 heavy (non-hydrogen) atoms. The number of benzene rings is 1. The average Bonchev–Trinajstić information content (AvgIpc) is 2.94. The fourth-order valence-electron chi connectivity index (χ4n) is 4.23. The maximum atomic E-state index is 13.1. The van der Waals surface area contributed by atoms with Crippen LogP contribution in [0.4, 0.5) is 0 Å². The lowest BCUT2D eigenvalue weighted by Crippen LogP contribution is -2.44. The number of hydrogen-bond acceptors (Lipinski definition) is 4. The molecular weight excluding hydrogens is 366 g/mol. The second-order valence-corrected chi connectivity index (χ2v) is 8.70. The number of carbonyl (C=O) groups excluding carboxylic acids is 1. The van der Waals surface area contributed by atoms with Gasteiger partial charge in [0.05, 0.1) is 6.54 Å². The number of azo groups is 1. The quantitative estimate of drug-likeness (QED) is 0.765. The highest BCUT2D eigenvalue weighted by Crippen LogP contribution is 2.51. The van der Waals surface area contributed by atoms with E-state index in [1.54, 1.807) is 0 Å². The number of allylic oxidation sites excluding steroid dienone is 2. The van der Waals surface area contributed by atoms with E-state index < -0.39 is 5.41 Å². The number of halogens is 1. The molecule has 1 N–H and O–H groups in total. The van der Waals surface area contributed by atoms with Crippen LogP contribution in [-0.4, -0.2) is 12.3 Å². The predicted molar refractivity (Wildman–Crippen MR) is 96.4 cm³/mol. The molecule has 4 rings (SSSR count). The van der Waals surface area contributed by atoms with Crippen molar-refractivity contribution in [3.8, 4) is 0 Å². The summed E-state index contributed by atoms with van der Waals surface area (Å²) in [6.07, 6.45) is 1.43. The van der Waals surface area contributed by atoms with Gasteiger partial charge in [-0.3, -0.25) is 4.79 Å². The van der Waals surface area contributed by atoms with Gasteiger partial charge in [0.25, 0.3) is 0 Å². The van der Waals surface area contributed by atoms with Gasteiger partial charge in [0.2, 0.25) is 0 Å². The molecule has 2 heterocycles. The average molecular weight is 386 g/mol. The smallest absolute Gasteiger partial charge is 0.162 e. The highest BCUT2D eigenvalue weighted by molar-refractivity contribution is 9.10. The highest BCUT2D eigenvalue weighted by atomic mass is 79.9. The first-order valence-corrected chi connectivity index (χ1v) is 9.02. The van der Waals surface area contributed by atoms with Gasteiger partial charge in [-0.25, -0.2) is 0 Å². The number of ketones is 1. The van der Waals surface area contributed by atoms with Crippen LogP contribution in [0, 0.1) is 5.41 Å². The molecule has 0 bridgehead atoms. The number of nitrogens with zero attached hydrogens (tertiary/aromatic N) is 2. The summed E-state index contributed by atoms with van der Waals surface area (Å²) >= 11 is 3.57. The summed E-state index contributed by atoms with van der Waals surface area (Å²) in [6, 6.07) is 8.23. The molecule has 124 valence electrons. The van der Waals surface area contributed by atoms with E-state index in [1.807, 2.05) is 12.1 Å². The standard InChI is InChI=1S/C19H20BrN3O/c1-18(2)8-14-16(15(24)9-18)19(3,11-5-4-6-12(20)7-11)13-10-21-23-17(13)22-14/h4-7,22H,8-10H2,1-3H3. The van der Waals surface area contributed by atoms with Crippen molar-refractivity contribution < 1.29 is 4.79 Å². The Hall–Kier alpha value is -1.75. The predicted octanol–water partition coefficient (Wildman–Crippen LogP) is 4.63. The van der Waals surface area contributed by atoms with E-state index in [2.05, 4.69) is 64.4 Å². The molecule has 0 saturated heterocycles.